The molecule has 6 heteroatoms. The second-order valence-electron chi connectivity index (χ2n) is 6.32. The average Bonchev–Trinajstić information content (AvgIpc) is 2.74. The Hall–Kier alpha value is -3.54. The lowest BCUT2D eigenvalue weighted by Crippen LogP contribution is -2.13. The molecule has 0 spiro atoms. The lowest BCUT2D eigenvalue weighted by molar-refractivity contribution is -0.116. The standard InChI is InChI=1S/C23H22FNO4/c1-27-19-11-12-22(28-2)21(15-19)25-23(26)13-6-16-4-3-5-20(14-16)29-18-9-7-17(24)8-10-18/h3-5,7-12,14-15H,6,13H2,1-2H3,(H,25,26). The Morgan fingerprint density at radius 3 is 2.38 bits per heavy atom. The van der Waals surface area contributed by atoms with Crippen molar-refractivity contribution in [1.82, 2.24) is 0 Å². The first-order chi connectivity index (χ1) is 14.1. The second-order valence-corrected chi connectivity index (χ2v) is 6.32. The van der Waals surface area contributed by atoms with Gasteiger partial charge in [0.2, 0.25) is 5.91 Å². The summed E-state index contributed by atoms with van der Waals surface area (Å²) in [6.45, 7) is 0. The minimum Gasteiger partial charge on any atom is -0.497 e. The van der Waals surface area contributed by atoms with E-state index in [0.29, 0.717) is 41.5 Å². The Balaban J connectivity index is 1.60. The number of hydrogen-bond donors (Lipinski definition) is 1. The number of amides is 1. The molecular weight excluding hydrogens is 373 g/mol. The Labute approximate surface area is 169 Å². The van der Waals surface area contributed by atoms with E-state index < -0.39 is 0 Å². The molecule has 0 aromatic heterocycles. The summed E-state index contributed by atoms with van der Waals surface area (Å²) in [4.78, 5) is 12.4. The van der Waals surface area contributed by atoms with E-state index in [-0.39, 0.29) is 11.7 Å². The zero-order valence-corrected chi connectivity index (χ0v) is 16.3. The molecule has 3 aromatic carbocycles. The van der Waals surface area contributed by atoms with Crippen molar-refractivity contribution < 1.29 is 23.4 Å². The van der Waals surface area contributed by atoms with Crippen molar-refractivity contribution in [3.05, 3.63) is 78.1 Å². The SMILES string of the molecule is COc1ccc(OC)c(NC(=O)CCc2cccc(Oc3ccc(F)cc3)c2)c1. The quantitative estimate of drug-likeness (QED) is 0.569. The van der Waals surface area contributed by atoms with Gasteiger partial charge in [0.05, 0.1) is 19.9 Å². The molecule has 0 aliphatic heterocycles. The maximum absolute atomic E-state index is 13.0. The van der Waals surface area contributed by atoms with E-state index >= 15 is 0 Å². The minimum atomic E-state index is -0.315. The lowest BCUT2D eigenvalue weighted by Gasteiger charge is -2.12. The fourth-order valence-corrected chi connectivity index (χ4v) is 2.79. The van der Waals surface area contributed by atoms with E-state index in [4.69, 9.17) is 14.2 Å². The summed E-state index contributed by atoms with van der Waals surface area (Å²) in [6, 6.07) is 18.5. The lowest BCUT2D eigenvalue weighted by atomic mass is 10.1. The Morgan fingerprint density at radius 1 is 0.897 bits per heavy atom. The third-order valence-electron chi connectivity index (χ3n) is 4.27. The Kier molecular flexibility index (Phi) is 6.68. The minimum absolute atomic E-state index is 0.138. The average molecular weight is 395 g/mol. The fraction of sp³-hybridized carbons (Fsp3) is 0.174. The maximum Gasteiger partial charge on any atom is 0.224 e. The summed E-state index contributed by atoms with van der Waals surface area (Å²) in [5.41, 5.74) is 1.52. The van der Waals surface area contributed by atoms with Crippen LogP contribution >= 0.6 is 0 Å². The molecule has 0 fully saturated rings. The summed E-state index contributed by atoms with van der Waals surface area (Å²) >= 11 is 0. The molecule has 150 valence electrons. The van der Waals surface area contributed by atoms with E-state index in [1.807, 2.05) is 24.3 Å². The molecule has 0 aliphatic carbocycles. The normalized spacial score (nSPS) is 10.3. The first-order valence-corrected chi connectivity index (χ1v) is 9.11. The van der Waals surface area contributed by atoms with Crippen LogP contribution in [0, 0.1) is 5.82 Å². The number of ether oxygens (including phenoxy) is 3. The number of hydrogen-bond acceptors (Lipinski definition) is 4. The molecular formula is C23H22FNO4. The first kappa shape index (κ1) is 20.2. The van der Waals surface area contributed by atoms with Crippen molar-refractivity contribution in [3.63, 3.8) is 0 Å². The van der Waals surface area contributed by atoms with Gasteiger partial charge in [-0.25, -0.2) is 4.39 Å². The van der Waals surface area contributed by atoms with Crippen molar-refractivity contribution in [1.29, 1.82) is 0 Å². The van der Waals surface area contributed by atoms with Crippen LogP contribution in [0.3, 0.4) is 0 Å². The van der Waals surface area contributed by atoms with E-state index in [2.05, 4.69) is 5.32 Å². The molecule has 29 heavy (non-hydrogen) atoms. The summed E-state index contributed by atoms with van der Waals surface area (Å²) in [5.74, 6) is 1.92. The number of halogens is 1. The number of carbonyl (C=O) groups is 1. The van der Waals surface area contributed by atoms with E-state index in [9.17, 15) is 9.18 Å². The van der Waals surface area contributed by atoms with Gasteiger partial charge in [0, 0.05) is 12.5 Å². The van der Waals surface area contributed by atoms with Crippen molar-refractivity contribution in [2.75, 3.05) is 19.5 Å². The van der Waals surface area contributed by atoms with Gasteiger partial charge in [-0.2, -0.15) is 0 Å². The van der Waals surface area contributed by atoms with Crippen LogP contribution in [0.2, 0.25) is 0 Å². The summed E-state index contributed by atoms with van der Waals surface area (Å²) in [5, 5.41) is 2.86. The van der Waals surface area contributed by atoms with E-state index in [1.54, 1.807) is 44.6 Å². The molecule has 0 heterocycles. The topological polar surface area (TPSA) is 56.8 Å². The number of aryl methyl sites for hydroxylation is 1. The zero-order valence-electron chi connectivity index (χ0n) is 16.3. The number of benzene rings is 3. The number of anilines is 1. The molecule has 3 aromatic rings. The molecule has 0 atom stereocenters. The number of nitrogens with one attached hydrogen (secondary N) is 1. The van der Waals surface area contributed by atoms with Gasteiger partial charge in [-0.15, -0.1) is 0 Å². The fourth-order valence-electron chi connectivity index (χ4n) is 2.79. The molecule has 1 N–H and O–H groups in total. The molecule has 0 saturated carbocycles. The van der Waals surface area contributed by atoms with Gasteiger partial charge >= 0.3 is 0 Å². The van der Waals surface area contributed by atoms with Crippen LogP contribution in [0.4, 0.5) is 10.1 Å². The summed E-state index contributed by atoms with van der Waals surface area (Å²) in [6.07, 6.45) is 0.832. The summed E-state index contributed by atoms with van der Waals surface area (Å²) in [7, 11) is 3.11. The highest BCUT2D eigenvalue weighted by atomic mass is 19.1. The van der Waals surface area contributed by atoms with Crippen LogP contribution in [0.1, 0.15) is 12.0 Å². The molecule has 5 nitrogen and oxygen atoms in total. The van der Waals surface area contributed by atoms with Crippen LogP contribution in [0.25, 0.3) is 0 Å². The predicted octanol–water partition coefficient (Wildman–Crippen LogP) is 5.21. The molecule has 0 saturated heterocycles. The van der Waals surface area contributed by atoms with Gasteiger partial charge in [0.25, 0.3) is 0 Å². The number of rotatable bonds is 8. The maximum atomic E-state index is 13.0. The zero-order chi connectivity index (χ0) is 20.6. The Bertz CT molecular complexity index is 973. The van der Waals surface area contributed by atoms with Crippen LogP contribution in [-0.2, 0) is 11.2 Å². The van der Waals surface area contributed by atoms with Crippen molar-refractivity contribution in [2.45, 2.75) is 12.8 Å². The van der Waals surface area contributed by atoms with Crippen molar-refractivity contribution >= 4 is 11.6 Å². The van der Waals surface area contributed by atoms with Crippen LogP contribution in [-0.4, -0.2) is 20.1 Å². The predicted molar refractivity (Wildman–Crippen MR) is 109 cm³/mol. The van der Waals surface area contributed by atoms with Gasteiger partial charge < -0.3 is 19.5 Å². The smallest absolute Gasteiger partial charge is 0.224 e. The van der Waals surface area contributed by atoms with Gasteiger partial charge in [0.15, 0.2) is 0 Å². The first-order valence-electron chi connectivity index (χ1n) is 9.11. The third kappa shape index (κ3) is 5.72. The second kappa shape index (κ2) is 9.59. The molecule has 1 amide bonds. The van der Waals surface area contributed by atoms with Crippen molar-refractivity contribution in [3.8, 4) is 23.0 Å². The van der Waals surface area contributed by atoms with Crippen LogP contribution in [0.15, 0.2) is 66.7 Å². The summed E-state index contributed by atoms with van der Waals surface area (Å²) < 4.78 is 29.2. The van der Waals surface area contributed by atoms with Gasteiger partial charge in [-0.05, 0) is 60.5 Å². The van der Waals surface area contributed by atoms with Crippen LogP contribution in [0.5, 0.6) is 23.0 Å². The molecule has 0 unspecified atom stereocenters. The highest BCUT2D eigenvalue weighted by Crippen LogP contribution is 2.29. The highest BCUT2D eigenvalue weighted by molar-refractivity contribution is 5.92. The van der Waals surface area contributed by atoms with Crippen LogP contribution < -0.4 is 19.5 Å². The molecule has 0 radical (unpaired) electrons. The van der Waals surface area contributed by atoms with E-state index in [0.717, 1.165) is 5.56 Å². The van der Waals surface area contributed by atoms with Crippen molar-refractivity contribution in [2.24, 2.45) is 0 Å². The molecule has 3 rings (SSSR count). The van der Waals surface area contributed by atoms with Gasteiger partial charge in [0.1, 0.15) is 28.8 Å². The van der Waals surface area contributed by atoms with E-state index in [1.165, 1.54) is 12.1 Å². The van der Waals surface area contributed by atoms with Gasteiger partial charge in [-0.3, -0.25) is 4.79 Å². The number of carbonyl (C=O) groups excluding carboxylic acids is 1. The molecule has 0 aliphatic rings. The highest BCUT2D eigenvalue weighted by Gasteiger charge is 2.10. The largest absolute Gasteiger partial charge is 0.497 e. The van der Waals surface area contributed by atoms with Gasteiger partial charge in [-0.1, -0.05) is 12.1 Å². The third-order valence-corrected chi connectivity index (χ3v) is 4.27. The monoisotopic (exact) mass is 395 g/mol. The number of methoxy groups -OCH3 is 2. The Morgan fingerprint density at radius 2 is 1.66 bits per heavy atom. The molecule has 0 bridgehead atoms.